The number of fused-ring (bicyclic) bond motifs is 1. The van der Waals surface area contributed by atoms with Crippen molar-refractivity contribution in [3.8, 4) is 5.88 Å². The lowest BCUT2D eigenvalue weighted by Crippen LogP contribution is -2.38. The molecule has 1 saturated carbocycles. The predicted octanol–water partition coefficient (Wildman–Crippen LogP) is 1.67. The number of nitrogens with one attached hydrogen (secondary N) is 2. The van der Waals surface area contributed by atoms with Crippen molar-refractivity contribution < 1.29 is 22.7 Å². The Labute approximate surface area is 112 Å². The van der Waals surface area contributed by atoms with Gasteiger partial charge in [0.05, 0.1) is 6.04 Å². The number of piperidine rings is 1. The van der Waals surface area contributed by atoms with E-state index in [0.29, 0.717) is 12.0 Å². The van der Waals surface area contributed by atoms with Crippen molar-refractivity contribution in [2.24, 2.45) is 5.92 Å². The molecule has 1 unspecified atom stereocenters. The standard InChI is InChI=1S/C12H12F3N3O2/c13-12(14,15)20-10-3-1-2-9(17-10)18-11(19)8-5-6-4-7(6)16-8/h1-3,6-8,16H,4-5H2,(H,17,18,19)/t6-,7?,8+/m1/s1. The van der Waals surface area contributed by atoms with Crippen LogP contribution in [0.25, 0.3) is 0 Å². The number of anilines is 1. The molecule has 20 heavy (non-hydrogen) atoms. The van der Waals surface area contributed by atoms with E-state index in [4.69, 9.17) is 0 Å². The monoisotopic (exact) mass is 287 g/mol. The Kier molecular flexibility index (Phi) is 3.04. The molecule has 1 aliphatic heterocycles. The first kappa shape index (κ1) is 13.2. The summed E-state index contributed by atoms with van der Waals surface area (Å²) < 4.78 is 39.9. The van der Waals surface area contributed by atoms with E-state index in [0.717, 1.165) is 18.9 Å². The van der Waals surface area contributed by atoms with Gasteiger partial charge in [-0.2, -0.15) is 4.98 Å². The highest BCUT2D eigenvalue weighted by atomic mass is 19.4. The lowest BCUT2D eigenvalue weighted by molar-refractivity contribution is -0.276. The number of pyridine rings is 1. The molecule has 1 aromatic heterocycles. The lowest BCUT2D eigenvalue weighted by atomic mass is 10.2. The maximum absolute atomic E-state index is 12.1. The van der Waals surface area contributed by atoms with Gasteiger partial charge in [-0.3, -0.25) is 4.79 Å². The number of carbonyl (C=O) groups is 1. The number of hydrogen-bond acceptors (Lipinski definition) is 4. The lowest BCUT2D eigenvalue weighted by Gasteiger charge is -2.13. The average molecular weight is 287 g/mol. The molecule has 5 nitrogen and oxygen atoms in total. The van der Waals surface area contributed by atoms with Crippen LogP contribution in [0.3, 0.4) is 0 Å². The second kappa shape index (κ2) is 4.62. The van der Waals surface area contributed by atoms with Crippen LogP contribution in [-0.4, -0.2) is 29.3 Å². The molecule has 3 atom stereocenters. The van der Waals surface area contributed by atoms with E-state index in [9.17, 15) is 18.0 Å². The smallest absolute Gasteiger partial charge is 0.388 e. The number of nitrogens with zero attached hydrogens (tertiary/aromatic N) is 1. The minimum absolute atomic E-state index is 0.0409. The van der Waals surface area contributed by atoms with Crippen LogP contribution in [0.1, 0.15) is 12.8 Å². The Morgan fingerprint density at radius 3 is 2.85 bits per heavy atom. The van der Waals surface area contributed by atoms with Crippen LogP contribution >= 0.6 is 0 Å². The van der Waals surface area contributed by atoms with Crippen LogP contribution in [0.5, 0.6) is 5.88 Å². The summed E-state index contributed by atoms with van der Waals surface area (Å²) in [5.41, 5.74) is 0. The molecule has 2 heterocycles. The maximum Gasteiger partial charge on any atom is 0.574 e. The topological polar surface area (TPSA) is 63.2 Å². The normalized spacial score (nSPS) is 27.9. The van der Waals surface area contributed by atoms with Crippen molar-refractivity contribution in [3.63, 3.8) is 0 Å². The van der Waals surface area contributed by atoms with Gasteiger partial charge in [0.2, 0.25) is 11.8 Å². The van der Waals surface area contributed by atoms with Crippen LogP contribution in [0.2, 0.25) is 0 Å². The Morgan fingerprint density at radius 1 is 1.40 bits per heavy atom. The van der Waals surface area contributed by atoms with E-state index >= 15 is 0 Å². The number of rotatable bonds is 3. The number of halogens is 3. The molecule has 1 aliphatic carbocycles. The molecule has 0 radical (unpaired) electrons. The summed E-state index contributed by atoms with van der Waals surface area (Å²) in [4.78, 5) is 15.5. The number of hydrogen-bond donors (Lipinski definition) is 2. The second-order valence-corrected chi connectivity index (χ2v) is 4.96. The van der Waals surface area contributed by atoms with E-state index in [1.807, 2.05) is 0 Å². The first-order valence-electron chi connectivity index (χ1n) is 6.20. The van der Waals surface area contributed by atoms with Gasteiger partial charge in [0.1, 0.15) is 5.82 Å². The molecule has 0 spiro atoms. The van der Waals surface area contributed by atoms with Crippen LogP contribution < -0.4 is 15.4 Å². The quantitative estimate of drug-likeness (QED) is 0.887. The second-order valence-electron chi connectivity index (χ2n) is 4.96. The van der Waals surface area contributed by atoms with Gasteiger partial charge in [-0.05, 0) is 24.8 Å². The van der Waals surface area contributed by atoms with Gasteiger partial charge in [-0.25, -0.2) is 0 Å². The molecular formula is C12H12F3N3O2. The Hall–Kier alpha value is -1.83. The fraction of sp³-hybridized carbons (Fsp3) is 0.500. The van der Waals surface area contributed by atoms with Gasteiger partial charge >= 0.3 is 6.36 Å². The fourth-order valence-electron chi connectivity index (χ4n) is 2.40. The van der Waals surface area contributed by atoms with Crippen LogP contribution in [-0.2, 0) is 4.79 Å². The third kappa shape index (κ3) is 3.01. The zero-order valence-electron chi connectivity index (χ0n) is 10.3. The molecule has 8 heteroatoms. The van der Waals surface area contributed by atoms with Gasteiger partial charge in [-0.1, -0.05) is 6.07 Å². The van der Waals surface area contributed by atoms with Crippen LogP contribution in [0.4, 0.5) is 19.0 Å². The van der Waals surface area contributed by atoms with Gasteiger partial charge in [0.15, 0.2) is 0 Å². The molecule has 1 aromatic rings. The summed E-state index contributed by atoms with van der Waals surface area (Å²) in [7, 11) is 0. The number of ether oxygens (including phenoxy) is 1. The third-order valence-electron chi connectivity index (χ3n) is 3.39. The van der Waals surface area contributed by atoms with Gasteiger partial charge in [0.25, 0.3) is 0 Å². The van der Waals surface area contributed by atoms with Crippen molar-refractivity contribution in [2.45, 2.75) is 31.3 Å². The summed E-state index contributed by atoms with van der Waals surface area (Å²) >= 11 is 0. The summed E-state index contributed by atoms with van der Waals surface area (Å²) in [6.45, 7) is 0. The van der Waals surface area contributed by atoms with E-state index in [-0.39, 0.29) is 17.8 Å². The largest absolute Gasteiger partial charge is 0.574 e. The molecule has 2 fully saturated rings. The van der Waals surface area contributed by atoms with E-state index in [1.54, 1.807) is 0 Å². The predicted molar refractivity (Wildman–Crippen MR) is 63.0 cm³/mol. The molecular weight excluding hydrogens is 275 g/mol. The summed E-state index contributed by atoms with van der Waals surface area (Å²) in [5, 5.41) is 5.64. The Bertz CT molecular complexity index is 525. The highest BCUT2D eigenvalue weighted by molar-refractivity contribution is 5.94. The number of carbonyl (C=O) groups excluding carboxylic acids is 1. The number of aromatic nitrogens is 1. The highest BCUT2D eigenvalue weighted by Crippen LogP contribution is 2.40. The average Bonchev–Trinajstić information content (AvgIpc) is 2.94. The molecule has 0 bridgehead atoms. The Morgan fingerprint density at radius 2 is 2.20 bits per heavy atom. The van der Waals surface area contributed by atoms with Crippen molar-refractivity contribution in [3.05, 3.63) is 18.2 Å². The first-order chi connectivity index (χ1) is 9.40. The zero-order valence-corrected chi connectivity index (χ0v) is 10.3. The number of amides is 1. The highest BCUT2D eigenvalue weighted by Gasteiger charge is 2.47. The summed E-state index contributed by atoms with van der Waals surface area (Å²) in [5.74, 6) is -0.288. The van der Waals surface area contributed by atoms with Gasteiger partial charge in [0, 0.05) is 12.1 Å². The fourth-order valence-corrected chi connectivity index (χ4v) is 2.40. The number of alkyl halides is 3. The summed E-state index contributed by atoms with van der Waals surface area (Å²) in [6, 6.07) is 3.94. The van der Waals surface area contributed by atoms with Gasteiger partial charge in [-0.15, -0.1) is 13.2 Å². The molecule has 2 N–H and O–H groups in total. The van der Waals surface area contributed by atoms with Crippen LogP contribution in [0, 0.1) is 5.92 Å². The molecule has 0 aromatic carbocycles. The molecule has 1 saturated heterocycles. The van der Waals surface area contributed by atoms with Crippen molar-refractivity contribution in [1.29, 1.82) is 0 Å². The van der Waals surface area contributed by atoms with Crippen molar-refractivity contribution in [2.75, 3.05) is 5.32 Å². The van der Waals surface area contributed by atoms with E-state index < -0.39 is 12.2 Å². The minimum Gasteiger partial charge on any atom is -0.388 e. The van der Waals surface area contributed by atoms with Crippen molar-refractivity contribution in [1.82, 2.24) is 10.3 Å². The zero-order chi connectivity index (χ0) is 14.3. The van der Waals surface area contributed by atoms with E-state index in [2.05, 4.69) is 20.4 Å². The molecule has 1 amide bonds. The first-order valence-corrected chi connectivity index (χ1v) is 6.20. The van der Waals surface area contributed by atoms with Crippen molar-refractivity contribution >= 4 is 11.7 Å². The SMILES string of the molecule is O=C(Nc1cccc(OC(F)(F)F)n1)[C@@H]1C[C@H]2CC2N1. The molecule has 3 rings (SSSR count). The van der Waals surface area contributed by atoms with Crippen LogP contribution in [0.15, 0.2) is 18.2 Å². The molecule has 108 valence electrons. The summed E-state index contributed by atoms with van der Waals surface area (Å²) in [6.07, 6.45) is -2.95. The maximum atomic E-state index is 12.1. The van der Waals surface area contributed by atoms with E-state index in [1.165, 1.54) is 12.1 Å². The Balaban J connectivity index is 1.62. The van der Waals surface area contributed by atoms with Gasteiger partial charge < -0.3 is 15.4 Å². The molecule has 2 aliphatic rings. The minimum atomic E-state index is -4.80. The third-order valence-corrected chi connectivity index (χ3v) is 3.39.